The SMILES string of the molecule is Cc1ccc(S(=O)(=O)O)cc1.Nc1ncc(Cl)cn1. The van der Waals surface area contributed by atoms with Gasteiger partial charge in [0.15, 0.2) is 0 Å². The van der Waals surface area contributed by atoms with Crippen molar-refractivity contribution in [2.45, 2.75) is 11.8 Å². The lowest BCUT2D eigenvalue weighted by Crippen LogP contribution is -1.96. The van der Waals surface area contributed by atoms with E-state index in [1.54, 1.807) is 12.1 Å². The number of rotatable bonds is 1. The maximum Gasteiger partial charge on any atom is 0.294 e. The number of hydrogen-bond donors (Lipinski definition) is 2. The van der Waals surface area contributed by atoms with E-state index < -0.39 is 10.1 Å². The average Bonchev–Trinajstić information content (AvgIpc) is 2.33. The molecule has 0 aliphatic rings. The van der Waals surface area contributed by atoms with Crippen LogP contribution in [0.3, 0.4) is 0 Å². The van der Waals surface area contributed by atoms with Gasteiger partial charge in [0.05, 0.1) is 22.3 Å². The van der Waals surface area contributed by atoms with Crippen molar-refractivity contribution in [3.8, 4) is 0 Å². The summed E-state index contributed by atoms with van der Waals surface area (Å²) in [4.78, 5) is 7.16. The van der Waals surface area contributed by atoms with E-state index in [9.17, 15) is 8.42 Å². The van der Waals surface area contributed by atoms with E-state index >= 15 is 0 Å². The third-order valence-electron chi connectivity index (χ3n) is 1.96. The van der Waals surface area contributed by atoms with Crippen molar-refractivity contribution in [1.29, 1.82) is 0 Å². The first-order chi connectivity index (χ1) is 8.79. The quantitative estimate of drug-likeness (QED) is 0.780. The highest BCUT2D eigenvalue weighted by Gasteiger charge is 2.06. The molecule has 19 heavy (non-hydrogen) atoms. The van der Waals surface area contributed by atoms with Gasteiger partial charge in [-0.2, -0.15) is 8.42 Å². The van der Waals surface area contributed by atoms with Crippen molar-refractivity contribution in [3.05, 3.63) is 47.2 Å². The van der Waals surface area contributed by atoms with E-state index in [2.05, 4.69) is 9.97 Å². The highest BCUT2D eigenvalue weighted by Crippen LogP contribution is 2.08. The Morgan fingerprint density at radius 3 is 2.00 bits per heavy atom. The maximum atomic E-state index is 10.5. The fourth-order valence-electron chi connectivity index (χ4n) is 1.03. The number of anilines is 1. The Bertz CT molecular complexity index is 606. The fourth-order valence-corrected chi connectivity index (χ4v) is 1.61. The first-order valence-electron chi connectivity index (χ1n) is 5.06. The number of aromatic nitrogens is 2. The first-order valence-corrected chi connectivity index (χ1v) is 6.88. The van der Waals surface area contributed by atoms with Crippen molar-refractivity contribution < 1.29 is 13.0 Å². The Labute approximate surface area is 116 Å². The topological polar surface area (TPSA) is 106 Å². The lowest BCUT2D eigenvalue weighted by molar-refractivity contribution is 0.483. The maximum absolute atomic E-state index is 10.5. The molecule has 0 unspecified atom stereocenters. The van der Waals surface area contributed by atoms with Crippen LogP contribution in [0.15, 0.2) is 41.6 Å². The summed E-state index contributed by atoms with van der Waals surface area (Å²) in [5, 5.41) is 0.499. The van der Waals surface area contributed by atoms with Gasteiger partial charge in [-0.15, -0.1) is 0 Å². The highest BCUT2D eigenvalue weighted by atomic mass is 35.5. The Hall–Kier alpha value is -1.70. The van der Waals surface area contributed by atoms with Gasteiger partial charge >= 0.3 is 0 Å². The van der Waals surface area contributed by atoms with E-state index in [-0.39, 0.29) is 10.8 Å². The molecule has 0 radical (unpaired) electrons. The summed E-state index contributed by atoms with van der Waals surface area (Å²) in [6, 6.07) is 5.99. The van der Waals surface area contributed by atoms with Crippen LogP contribution >= 0.6 is 11.6 Å². The predicted molar refractivity (Wildman–Crippen MR) is 72.4 cm³/mol. The summed E-state index contributed by atoms with van der Waals surface area (Å²) in [5.41, 5.74) is 6.10. The monoisotopic (exact) mass is 301 g/mol. The van der Waals surface area contributed by atoms with Crippen LogP contribution in [0, 0.1) is 6.92 Å². The van der Waals surface area contributed by atoms with Crippen molar-refractivity contribution in [1.82, 2.24) is 9.97 Å². The van der Waals surface area contributed by atoms with E-state index in [0.717, 1.165) is 5.56 Å². The molecule has 102 valence electrons. The molecule has 0 saturated carbocycles. The zero-order valence-electron chi connectivity index (χ0n) is 9.99. The molecule has 3 N–H and O–H groups in total. The first kappa shape index (κ1) is 15.4. The molecule has 0 spiro atoms. The van der Waals surface area contributed by atoms with Gasteiger partial charge in [0.1, 0.15) is 0 Å². The van der Waals surface area contributed by atoms with Gasteiger partial charge in [-0.05, 0) is 19.1 Å². The second-order valence-electron chi connectivity index (χ2n) is 3.55. The molecule has 0 bridgehead atoms. The van der Waals surface area contributed by atoms with Gasteiger partial charge < -0.3 is 5.73 Å². The van der Waals surface area contributed by atoms with Crippen LogP contribution in [0.5, 0.6) is 0 Å². The summed E-state index contributed by atoms with van der Waals surface area (Å²) in [7, 11) is -4.02. The Morgan fingerprint density at radius 1 is 1.16 bits per heavy atom. The van der Waals surface area contributed by atoms with E-state index in [1.165, 1.54) is 24.5 Å². The number of nitrogen functional groups attached to an aromatic ring is 1. The molecular weight excluding hydrogens is 290 g/mol. The molecule has 0 fully saturated rings. The van der Waals surface area contributed by atoms with Gasteiger partial charge in [0.2, 0.25) is 5.95 Å². The molecule has 8 heteroatoms. The Balaban J connectivity index is 0.000000200. The molecule has 2 aromatic rings. The molecular formula is C11H12ClN3O3S. The van der Waals surface area contributed by atoms with Crippen LogP contribution in [0.25, 0.3) is 0 Å². The molecule has 1 heterocycles. The van der Waals surface area contributed by atoms with Crippen molar-refractivity contribution in [2.24, 2.45) is 0 Å². The summed E-state index contributed by atoms with van der Waals surface area (Å²) >= 11 is 5.43. The van der Waals surface area contributed by atoms with E-state index in [1.807, 2.05) is 6.92 Å². The number of nitrogens with zero attached hydrogens (tertiary/aromatic N) is 2. The van der Waals surface area contributed by atoms with Gasteiger partial charge in [0, 0.05) is 0 Å². The van der Waals surface area contributed by atoms with Gasteiger partial charge in [0.25, 0.3) is 10.1 Å². The molecule has 2 rings (SSSR count). The van der Waals surface area contributed by atoms with Gasteiger partial charge in [-0.25, -0.2) is 9.97 Å². The molecule has 0 saturated heterocycles. The van der Waals surface area contributed by atoms with Crippen molar-refractivity contribution >= 4 is 27.7 Å². The summed E-state index contributed by atoms with van der Waals surface area (Å²) in [6.07, 6.45) is 2.90. The minimum absolute atomic E-state index is 0.0666. The standard InChI is InChI=1S/C7H8O3S.C4H4ClN3/c1-6-2-4-7(5-3-6)11(8,9)10;5-3-1-7-4(6)8-2-3/h2-5H,1H3,(H,8,9,10);1-2H,(H2,6,7,8). The number of aryl methyl sites for hydroxylation is 1. The number of nitrogens with two attached hydrogens (primary N) is 1. The second kappa shape index (κ2) is 6.46. The zero-order chi connectivity index (χ0) is 14.5. The van der Waals surface area contributed by atoms with Crippen molar-refractivity contribution in [2.75, 3.05) is 5.73 Å². The van der Waals surface area contributed by atoms with E-state index in [4.69, 9.17) is 21.9 Å². The number of hydrogen-bond acceptors (Lipinski definition) is 5. The minimum atomic E-state index is -4.02. The molecule has 0 atom stereocenters. The highest BCUT2D eigenvalue weighted by molar-refractivity contribution is 7.85. The van der Waals surface area contributed by atoms with Crippen LogP contribution in [0.4, 0.5) is 5.95 Å². The molecule has 6 nitrogen and oxygen atoms in total. The molecule has 0 amide bonds. The summed E-state index contributed by atoms with van der Waals surface area (Å²) in [5.74, 6) is 0.245. The predicted octanol–water partition coefficient (Wildman–Crippen LogP) is 1.95. The molecule has 1 aromatic heterocycles. The van der Waals surface area contributed by atoms with E-state index in [0.29, 0.717) is 5.02 Å². The molecule has 0 aliphatic heterocycles. The van der Waals surface area contributed by atoms with Crippen LogP contribution in [0.2, 0.25) is 5.02 Å². The largest absolute Gasteiger partial charge is 0.368 e. The zero-order valence-corrected chi connectivity index (χ0v) is 11.6. The lowest BCUT2D eigenvalue weighted by Gasteiger charge is -1.95. The van der Waals surface area contributed by atoms with Gasteiger partial charge in [-0.1, -0.05) is 29.3 Å². The average molecular weight is 302 g/mol. The van der Waals surface area contributed by atoms with Crippen LogP contribution in [0.1, 0.15) is 5.56 Å². The Kier molecular flexibility index (Phi) is 5.22. The van der Waals surface area contributed by atoms with Crippen LogP contribution in [-0.2, 0) is 10.1 Å². The van der Waals surface area contributed by atoms with Crippen molar-refractivity contribution in [3.63, 3.8) is 0 Å². The van der Waals surface area contributed by atoms with Crippen LogP contribution in [-0.4, -0.2) is 22.9 Å². The smallest absolute Gasteiger partial charge is 0.294 e. The fraction of sp³-hybridized carbons (Fsp3) is 0.0909. The lowest BCUT2D eigenvalue weighted by atomic mass is 10.2. The third-order valence-corrected chi connectivity index (χ3v) is 3.02. The number of benzene rings is 1. The number of halogens is 1. The second-order valence-corrected chi connectivity index (χ2v) is 5.41. The Morgan fingerprint density at radius 2 is 1.63 bits per heavy atom. The van der Waals surface area contributed by atoms with Gasteiger partial charge in [-0.3, -0.25) is 4.55 Å². The summed E-state index contributed by atoms with van der Waals surface area (Å²) < 4.78 is 29.6. The molecule has 1 aromatic carbocycles. The minimum Gasteiger partial charge on any atom is -0.368 e. The normalized spacial score (nSPS) is 10.5. The third kappa shape index (κ3) is 5.64. The summed E-state index contributed by atoms with van der Waals surface area (Å²) in [6.45, 7) is 1.84. The molecule has 0 aliphatic carbocycles. The van der Waals surface area contributed by atoms with Crippen LogP contribution < -0.4 is 5.73 Å².